The molecule has 1 amide bonds. The van der Waals surface area contributed by atoms with Crippen LogP contribution in [0.5, 0.6) is 0 Å². The van der Waals surface area contributed by atoms with E-state index >= 15 is 0 Å². The van der Waals surface area contributed by atoms with Gasteiger partial charge in [-0.2, -0.15) is 0 Å². The predicted molar refractivity (Wildman–Crippen MR) is 81.0 cm³/mol. The number of alkyl carbamates (subject to hydrolysis) is 1. The molecule has 0 radical (unpaired) electrons. The Morgan fingerprint density at radius 1 is 1.33 bits per heavy atom. The quantitative estimate of drug-likeness (QED) is 0.860. The van der Waals surface area contributed by atoms with E-state index in [-0.39, 0.29) is 6.09 Å². The lowest BCUT2D eigenvalue weighted by molar-refractivity contribution is 0.0527. The molecule has 0 saturated carbocycles. The zero-order valence-electron chi connectivity index (χ0n) is 12.8. The molecule has 2 aromatic heterocycles. The van der Waals surface area contributed by atoms with Gasteiger partial charge in [-0.3, -0.25) is 0 Å². The third-order valence-corrected chi connectivity index (χ3v) is 2.87. The van der Waals surface area contributed by atoms with Crippen LogP contribution in [0.3, 0.4) is 0 Å². The van der Waals surface area contributed by atoms with Crippen LogP contribution in [0.25, 0.3) is 11.2 Å². The molecule has 0 aliphatic carbocycles. The van der Waals surface area contributed by atoms with Crippen molar-refractivity contribution in [1.29, 1.82) is 0 Å². The molecule has 0 aromatic carbocycles. The second-order valence-corrected chi connectivity index (χ2v) is 5.92. The Hall–Kier alpha value is -2.11. The van der Waals surface area contributed by atoms with Gasteiger partial charge in [-0.1, -0.05) is 0 Å². The van der Waals surface area contributed by atoms with Crippen molar-refractivity contribution in [2.45, 2.75) is 45.8 Å². The summed E-state index contributed by atoms with van der Waals surface area (Å²) in [5, 5.41) is 2.75. The van der Waals surface area contributed by atoms with Crippen LogP contribution in [-0.4, -0.2) is 32.8 Å². The van der Waals surface area contributed by atoms with Gasteiger partial charge in [0.2, 0.25) is 0 Å². The van der Waals surface area contributed by atoms with Crippen molar-refractivity contribution in [2.24, 2.45) is 0 Å². The van der Waals surface area contributed by atoms with Gasteiger partial charge in [-0.15, -0.1) is 0 Å². The minimum absolute atomic E-state index is 0.364. The Balaban J connectivity index is 1.70. The van der Waals surface area contributed by atoms with Gasteiger partial charge in [0.05, 0.1) is 6.33 Å². The van der Waals surface area contributed by atoms with Crippen LogP contribution >= 0.6 is 0 Å². The third kappa shape index (κ3) is 4.73. The monoisotopic (exact) mass is 290 g/mol. The fraction of sp³-hybridized carbons (Fsp3) is 0.533. The number of pyridine rings is 1. The van der Waals surface area contributed by atoms with Crippen LogP contribution < -0.4 is 5.32 Å². The maximum absolute atomic E-state index is 11.5. The number of nitrogens with zero attached hydrogens (tertiary/aromatic N) is 3. The van der Waals surface area contributed by atoms with Gasteiger partial charge in [0.1, 0.15) is 11.1 Å². The van der Waals surface area contributed by atoms with Gasteiger partial charge in [0, 0.05) is 19.3 Å². The Kier molecular flexibility index (Phi) is 4.77. The van der Waals surface area contributed by atoms with Crippen molar-refractivity contribution >= 4 is 17.3 Å². The summed E-state index contributed by atoms with van der Waals surface area (Å²) >= 11 is 0. The topological polar surface area (TPSA) is 69.0 Å². The molecule has 0 aliphatic heterocycles. The van der Waals surface area contributed by atoms with Crippen molar-refractivity contribution in [1.82, 2.24) is 19.9 Å². The average molecular weight is 290 g/mol. The smallest absolute Gasteiger partial charge is 0.407 e. The number of hydrogen-bond acceptors (Lipinski definition) is 4. The highest BCUT2D eigenvalue weighted by Gasteiger charge is 2.15. The van der Waals surface area contributed by atoms with E-state index in [0.29, 0.717) is 6.54 Å². The number of unbranched alkanes of at least 4 members (excludes halogenated alkanes) is 1. The summed E-state index contributed by atoms with van der Waals surface area (Å²) < 4.78 is 7.20. The number of ether oxygens (including phenoxy) is 1. The minimum atomic E-state index is -0.453. The largest absolute Gasteiger partial charge is 0.444 e. The number of aryl methyl sites for hydroxylation is 1. The predicted octanol–water partition coefficient (Wildman–Crippen LogP) is 2.74. The van der Waals surface area contributed by atoms with Crippen molar-refractivity contribution < 1.29 is 9.53 Å². The van der Waals surface area contributed by atoms with Crippen LogP contribution in [0.2, 0.25) is 0 Å². The maximum atomic E-state index is 11.5. The van der Waals surface area contributed by atoms with Crippen molar-refractivity contribution in [3.63, 3.8) is 0 Å². The molecular formula is C15H22N4O2. The van der Waals surface area contributed by atoms with Crippen molar-refractivity contribution in [3.8, 4) is 0 Å². The number of rotatable bonds is 5. The summed E-state index contributed by atoms with van der Waals surface area (Å²) in [6.45, 7) is 7.00. The third-order valence-electron chi connectivity index (χ3n) is 2.87. The Bertz CT molecular complexity index is 601. The maximum Gasteiger partial charge on any atom is 0.407 e. The summed E-state index contributed by atoms with van der Waals surface area (Å²) in [6.07, 6.45) is 5.03. The van der Waals surface area contributed by atoms with E-state index in [1.165, 1.54) is 0 Å². The first-order valence-corrected chi connectivity index (χ1v) is 7.18. The SMILES string of the molecule is CC(C)(C)OC(=O)NCCCCn1cnc2cccnc21. The number of carbonyl (C=O) groups is 1. The van der Waals surface area contributed by atoms with Gasteiger partial charge >= 0.3 is 6.09 Å². The molecule has 0 fully saturated rings. The van der Waals surface area contributed by atoms with E-state index in [1.54, 1.807) is 12.5 Å². The number of imidazole rings is 1. The zero-order valence-corrected chi connectivity index (χ0v) is 12.8. The van der Waals surface area contributed by atoms with Gasteiger partial charge in [-0.05, 0) is 45.7 Å². The number of carbonyl (C=O) groups excluding carboxylic acids is 1. The minimum Gasteiger partial charge on any atom is -0.444 e. The second kappa shape index (κ2) is 6.56. The molecule has 21 heavy (non-hydrogen) atoms. The van der Waals surface area contributed by atoms with Crippen LogP contribution in [0, 0.1) is 0 Å². The van der Waals surface area contributed by atoms with Crippen molar-refractivity contribution in [3.05, 3.63) is 24.7 Å². The van der Waals surface area contributed by atoms with Crippen LogP contribution in [0.1, 0.15) is 33.6 Å². The van der Waals surface area contributed by atoms with E-state index < -0.39 is 5.60 Å². The molecule has 0 spiro atoms. The zero-order chi connectivity index (χ0) is 15.3. The number of hydrogen-bond donors (Lipinski definition) is 1. The standard InChI is InChI=1S/C15H22N4O2/c1-15(2,3)21-14(20)17-8-4-5-10-19-11-18-12-7-6-9-16-13(12)19/h6-7,9,11H,4-5,8,10H2,1-3H3,(H,17,20). The Labute approximate surface area is 124 Å². The molecule has 2 aromatic rings. The van der Waals surface area contributed by atoms with E-state index in [4.69, 9.17) is 4.74 Å². The molecular weight excluding hydrogens is 268 g/mol. The number of nitrogens with one attached hydrogen (secondary N) is 1. The van der Waals surface area contributed by atoms with Crippen LogP contribution in [0.15, 0.2) is 24.7 Å². The highest BCUT2D eigenvalue weighted by atomic mass is 16.6. The van der Waals surface area contributed by atoms with Crippen LogP contribution in [-0.2, 0) is 11.3 Å². The highest BCUT2D eigenvalue weighted by molar-refractivity contribution is 5.70. The molecule has 6 heteroatoms. The first-order chi connectivity index (χ1) is 9.96. The van der Waals surface area contributed by atoms with Crippen LogP contribution in [0.4, 0.5) is 4.79 Å². The van der Waals surface area contributed by atoms with Gasteiger partial charge in [-0.25, -0.2) is 14.8 Å². The Morgan fingerprint density at radius 3 is 2.90 bits per heavy atom. The molecule has 1 N–H and O–H groups in total. The first-order valence-electron chi connectivity index (χ1n) is 7.18. The first kappa shape index (κ1) is 15.3. The van der Waals surface area contributed by atoms with E-state index in [0.717, 1.165) is 30.6 Å². The normalized spacial score (nSPS) is 11.6. The molecule has 114 valence electrons. The molecule has 0 saturated heterocycles. The summed E-state index contributed by atoms with van der Waals surface area (Å²) in [6, 6.07) is 3.83. The van der Waals surface area contributed by atoms with Gasteiger partial charge in [0.25, 0.3) is 0 Å². The van der Waals surface area contributed by atoms with Gasteiger partial charge < -0.3 is 14.6 Å². The molecule has 6 nitrogen and oxygen atoms in total. The molecule has 0 atom stereocenters. The van der Waals surface area contributed by atoms with E-state index in [1.807, 2.05) is 37.5 Å². The lowest BCUT2D eigenvalue weighted by Gasteiger charge is -2.19. The fourth-order valence-electron chi connectivity index (χ4n) is 1.97. The van der Waals surface area contributed by atoms with E-state index in [2.05, 4.69) is 15.3 Å². The molecule has 0 unspecified atom stereocenters. The summed E-state index contributed by atoms with van der Waals surface area (Å²) in [5.41, 5.74) is 1.35. The lowest BCUT2D eigenvalue weighted by atomic mass is 10.2. The molecule has 0 aliphatic rings. The molecule has 0 bridgehead atoms. The van der Waals surface area contributed by atoms with Gasteiger partial charge in [0.15, 0.2) is 5.65 Å². The van der Waals surface area contributed by atoms with E-state index in [9.17, 15) is 4.79 Å². The van der Waals surface area contributed by atoms with Crippen molar-refractivity contribution in [2.75, 3.05) is 6.54 Å². The Morgan fingerprint density at radius 2 is 2.14 bits per heavy atom. The fourth-order valence-corrected chi connectivity index (χ4v) is 1.97. The number of amides is 1. The average Bonchev–Trinajstić information content (AvgIpc) is 2.80. The molecule has 2 heterocycles. The number of fused-ring (bicyclic) bond motifs is 1. The summed E-state index contributed by atoms with van der Waals surface area (Å²) in [7, 11) is 0. The highest BCUT2D eigenvalue weighted by Crippen LogP contribution is 2.09. The second-order valence-electron chi connectivity index (χ2n) is 5.92. The summed E-state index contributed by atoms with van der Waals surface area (Å²) in [4.78, 5) is 20.1. The molecule has 2 rings (SSSR count). The lowest BCUT2D eigenvalue weighted by Crippen LogP contribution is -2.33. The summed E-state index contributed by atoms with van der Waals surface area (Å²) in [5.74, 6) is 0. The number of aromatic nitrogens is 3.